The smallest absolute Gasteiger partial charge is 0.283 e. The van der Waals surface area contributed by atoms with E-state index in [4.69, 9.17) is 34.8 Å². The summed E-state index contributed by atoms with van der Waals surface area (Å²) in [5, 5.41) is 4.11. The molecule has 0 atom stereocenters. The highest BCUT2D eigenvalue weighted by atomic mass is 35.5. The fourth-order valence-corrected chi connectivity index (χ4v) is 4.62. The third-order valence-electron chi connectivity index (χ3n) is 4.88. The molecule has 4 rings (SSSR count). The summed E-state index contributed by atoms with van der Waals surface area (Å²) < 4.78 is 0. The van der Waals surface area contributed by atoms with Crippen molar-refractivity contribution >= 4 is 69.8 Å². The van der Waals surface area contributed by atoms with Crippen LogP contribution in [0.5, 0.6) is 0 Å². The minimum atomic E-state index is -0.504. The number of nitrogens with zero attached hydrogens (tertiary/aromatic N) is 1. The van der Waals surface area contributed by atoms with Gasteiger partial charge in [-0.1, -0.05) is 71.7 Å². The summed E-state index contributed by atoms with van der Waals surface area (Å²) in [6.45, 7) is 2.07. The number of thioether (sulfide) groups is 1. The monoisotopic (exact) mass is 502 g/mol. The maximum Gasteiger partial charge on any atom is 0.283 e. The Morgan fingerprint density at radius 3 is 2.22 bits per heavy atom. The van der Waals surface area contributed by atoms with Crippen LogP contribution in [-0.4, -0.2) is 11.8 Å². The lowest BCUT2D eigenvalue weighted by Gasteiger charge is -2.17. The summed E-state index contributed by atoms with van der Waals surface area (Å²) in [6, 6.07) is 19.6. The van der Waals surface area contributed by atoms with Gasteiger partial charge < -0.3 is 5.32 Å². The highest BCUT2D eigenvalue weighted by Gasteiger charge is 2.41. The van der Waals surface area contributed by atoms with E-state index in [0.29, 0.717) is 10.7 Å². The Balaban J connectivity index is 1.75. The number of carbonyl (C=O) groups excluding carboxylic acids is 2. The van der Waals surface area contributed by atoms with Gasteiger partial charge in [0.1, 0.15) is 10.6 Å². The van der Waals surface area contributed by atoms with Gasteiger partial charge in [-0.15, -0.1) is 0 Å². The summed E-state index contributed by atoms with van der Waals surface area (Å²) in [6.07, 6.45) is 0.902. The van der Waals surface area contributed by atoms with Crippen molar-refractivity contribution in [2.45, 2.75) is 18.2 Å². The Morgan fingerprint density at radius 2 is 1.56 bits per heavy atom. The number of rotatable bonds is 6. The molecule has 0 unspecified atom stereocenters. The van der Waals surface area contributed by atoms with E-state index in [1.807, 2.05) is 24.3 Å². The van der Waals surface area contributed by atoms with Crippen LogP contribution in [0.25, 0.3) is 0 Å². The Bertz CT molecular complexity index is 1220. The molecular formula is C24H17Cl3N2O2S. The molecule has 0 saturated carbocycles. The maximum absolute atomic E-state index is 13.4. The molecule has 1 N–H and O–H groups in total. The van der Waals surface area contributed by atoms with E-state index in [1.54, 1.807) is 42.5 Å². The van der Waals surface area contributed by atoms with Gasteiger partial charge in [0.05, 0.1) is 15.7 Å². The number of aryl methyl sites for hydroxylation is 1. The topological polar surface area (TPSA) is 49.4 Å². The van der Waals surface area contributed by atoms with Crippen molar-refractivity contribution in [2.24, 2.45) is 0 Å². The summed E-state index contributed by atoms with van der Waals surface area (Å²) in [5.74, 6) is -0.984. The van der Waals surface area contributed by atoms with E-state index >= 15 is 0 Å². The zero-order valence-electron chi connectivity index (χ0n) is 16.9. The molecule has 0 aromatic heterocycles. The van der Waals surface area contributed by atoms with Crippen LogP contribution in [0.3, 0.4) is 0 Å². The molecule has 0 bridgehead atoms. The second kappa shape index (κ2) is 9.59. The van der Waals surface area contributed by atoms with E-state index in [1.165, 1.54) is 17.3 Å². The molecule has 0 aliphatic carbocycles. The molecule has 0 radical (unpaired) electrons. The molecule has 0 saturated heterocycles. The fraction of sp³-hybridized carbons (Fsp3) is 0.0833. The van der Waals surface area contributed by atoms with Crippen LogP contribution in [-0.2, 0) is 16.0 Å². The first-order chi connectivity index (χ1) is 15.4. The fourth-order valence-electron chi connectivity index (χ4n) is 3.19. The van der Waals surface area contributed by atoms with Crippen molar-refractivity contribution in [3.63, 3.8) is 0 Å². The first-order valence-electron chi connectivity index (χ1n) is 9.75. The van der Waals surface area contributed by atoms with Crippen LogP contribution >= 0.6 is 46.6 Å². The van der Waals surface area contributed by atoms with E-state index < -0.39 is 11.8 Å². The normalized spacial score (nSPS) is 13.8. The van der Waals surface area contributed by atoms with Gasteiger partial charge in [0.2, 0.25) is 0 Å². The molecule has 2 amide bonds. The predicted molar refractivity (Wildman–Crippen MR) is 133 cm³/mol. The molecule has 162 valence electrons. The Hall–Kier alpha value is -2.44. The molecular weight excluding hydrogens is 487 g/mol. The minimum absolute atomic E-state index is 0.139. The van der Waals surface area contributed by atoms with Crippen molar-refractivity contribution in [3.8, 4) is 0 Å². The number of anilines is 2. The lowest BCUT2D eigenvalue weighted by atomic mass is 10.1. The highest BCUT2D eigenvalue weighted by molar-refractivity contribution is 8.04. The largest absolute Gasteiger partial charge is 0.350 e. The summed E-state index contributed by atoms with van der Waals surface area (Å²) in [5.41, 5.74) is 2.28. The number of carbonyl (C=O) groups is 2. The summed E-state index contributed by atoms with van der Waals surface area (Å²) >= 11 is 19.6. The number of imide groups is 1. The molecule has 1 aliphatic heterocycles. The standard InChI is InChI=1S/C24H17Cl3N2O2S/c1-2-14-6-10-16(11-7-14)28-21-22(32-17-12-8-15(25)9-13-17)24(31)29(23(21)30)19-5-3-4-18(26)20(19)27/h3-13,28H,2H2,1H3. The van der Waals surface area contributed by atoms with Crippen molar-refractivity contribution in [2.75, 3.05) is 10.2 Å². The predicted octanol–water partition coefficient (Wildman–Crippen LogP) is 7.20. The van der Waals surface area contributed by atoms with Gasteiger partial charge in [0.25, 0.3) is 11.8 Å². The Morgan fingerprint density at radius 1 is 0.875 bits per heavy atom. The lowest BCUT2D eigenvalue weighted by molar-refractivity contribution is -0.120. The molecule has 1 aliphatic rings. The van der Waals surface area contributed by atoms with Crippen LogP contribution in [0, 0.1) is 0 Å². The number of hydrogen-bond donors (Lipinski definition) is 1. The Kier molecular flexibility index (Phi) is 6.82. The van der Waals surface area contributed by atoms with Crippen LogP contribution in [0.1, 0.15) is 12.5 Å². The minimum Gasteiger partial charge on any atom is -0.350 e. The zero-order valence-corrected chi connectivity index (χ0v) is 19.9. The van der Waals surface area contributed by atoms with Crippen LogP contribution in [0.4, 0.5) is 11.4 Å². The van der Waals surface area contributed by atoms with Gasteiger partial charge in [-0.2, -0.15) is 0 Å². The number of benzene rings is 3. The van der Waals surface area contributed by atoms with Crippen molar-refractivity contribution in [1.29, 1.82) is 0 Å². The van der Waals surface area contributed by atoms with E-state index in [0.717, 1.165) is 16.2 Å². The van der Waals surface area contributed by atoms with Gasteiger partial charge >= 0.3 is 0 Å². The number of hydrogen-bond acceptors (Lipinski definition) is 4. The molecule has 4 nitrogen and oxygen atoms in total. The lowest BCUT2D eigenvalue weighted by Crippen LogP contribution is -2.32. The van der Waals surface area contributed by atoms with E-state index in [-0.39, 0.29) is 26.3 Å². The zero-order chi connectivity index (χ0) is 22.8. The van der Waals surface area contributed by atoms with Crippen LogP contribution in [0.15, 0.2) is 82.2 Å². The molecule has 1 heterocycles. The van der Waals surface area contributed by atoms with Gasteiger partial charge in [0, 0.05) is 15.6 Å². The third kappa shape index (κ3) is 4.52. The molecule has 0 spiro atoms. The second-order valence-corrected chi connectivity index (χ2v) is 9.26. The average Bonchev–Trinajstić information content (AvgIpc) is 3.01. The maximum atomic E-state index is 13.4. The summed E-state index contributed by atoms with van der Waals surface area (Å²) in [4.78, 5) is 28.9. The van der Waals surface area contributed by atoms with E-state index in [9.17, 15) is 9.59 Å². The summed E-state index contributed by atoms with van der Waals surface area (Å²) in [7, 11) is 0. The molecule has 0 fully saturated rings. The number of amides is 2. The highest BCUT2D eigenvalue weighted by Crippen LogP contribution is 2.41. The number of nitrogens with one attached hydrogen (secondary N) is 1. The molecule has 8 heteroatoms. The average molecular weight is 504 g/mol. The second-order valence-electron chi connectivity index (χ2n) is 6.95. The third-order valence-corrected chi connectivity index (χ3v) is 7.03. The van der Waals surface area contributed by atoms with Crippen LogP contribution in [0.2, 0.25) is 15.1 Å². The van der Waals surface area contributed by atoms with Gasteiger partial charge in [-0.05, 0) is 60.5 Å². The quantitative estimate of drug-likeness (QED) is 0.361. The van der Waals surface area contributed by atoms with Crippen molar-refractivity contribution < 1.29 is 9.59 Å². The van der Waals surface area contributed by atoms with Gasteiger partial charge in [0.15, 0.2) is 0 Å². The van der Waals surface area contributed by atoms with Crippen molar-refractivity contribution in [3.05, 3.63) is 98.0 Å². The molecule has 32 heavy (non-hydrogen) atoms. The first kappa shape index (κ1) is 22.7. The molecule has 3 aromatic carbocycles. The van der Waals surface area contributed by atoms with E-state index in [2.05, 4.69) is 12.2 Å². The Labute approximate surface area is 205 Å². The van der Waals surface area contributed by atoms with Crippen molar-refractivity contribution in [1.82, 2.24) is 0 Å². The first-order valence-corrected chi connectivity index (χ1v) is 11.7. The SMILES string of the molecule is CCc1ccc(NC2=C(Sc3ccc(Cl)cc3)C(=O)N(c3cccc(Cl)c3Cl)C2=O)cc1. The molecule has 3 aromatic rings. The van der Waals surface area contributed by atoms with Crippen LogP contribution < -0.4 is 10.2 Å². The van der Waals surface area contributed by atoms with Gasteiger partial charge in [-0.3, -0.25) is 9.59 Å². The van der Waals surface area contributed by atoms with Gasteiger partial charge in [-0.25, -0.2) is 4.90 Å². The number of halogens is 3.